The van der Waals surface area contributed by atoms with Gasteiger partial charge in [-0.15, -0.1) is 0 Å². The molecule has 1 unspecified atom stereocenters. The molecule has 5 nitrogen and oxygen atoms in total. The maximum Gasteiger partial charge on any atom is 0.258 e. The third-order valence-electron chi connectivity index (χ3n) is 3.43. The van der Waals surface area contributed by atoms with Crippen molar-refractivity contribution in [2.75, 3.05) is 20.3 Å². The summed E-state index contributed by atoms with van der Waals surface area (Å²) in [5, 5.41) is 2.91. The number of nitrogens with two attached hydrogens (primary N) is 1. The average molecular weight is 294 g/mol. The van der Waals surface area contributed by atoms with Crippen LogP contribution in [0, 0.1) is 5.92 Å². The quantitative estimate of drug-likeness (QED) is 0.766. The van der Waals surface area contributed by atoms with E-state index in [4.69, 9.17) is 15.2 Å². The van der Waals surface area contributed by atoms with E-state index in [1.807, 2.05) is 25.1 Å². The van der Waals surface area contributed by atoms with Gasteiger partial charge in [-0.05, 0) is 37.4 Å². The molecule has 0 aliphatic rings. The summed E-state index contributed by atoms with van der Waals surface area (Å²) in [6.07, 6.45) is 0.677. The summed E-state index contributed by atoms with van der Waals surface area (Å²) in [4.78, 5) is 11.9. The fraction of sp³-hybridized carbons (Fsp3) is 0.562. The summed E-state index contributed by atoms with van der Waals surface area (Å²) in [5.41, 5.74) is 6.55. The Morgan fingerprint density at radius 1 is 1.33 bits per heavy atom. The minimum Gasteiger partial charge on any atom is -0.493 e. The second-order valence-electron chi connectivity index (χ2n) is 5.38. The molecule has 0 radical (unpaired) electrons. The summed E-state index contributed by atoms with van der Waals surface area (Å²) in [7, 11) is 1.58. The molecule has 1 atom stereocenters. The van der Waals surface area contributed by atoms with Crippen molar-refractivity contribution in [1.29, 1.82) is 0 Å². The molecule has 21 heavy (non-hydrogen) atoms. The lowest BCUT2D eigenvalue weighted by Crippen LogP contribution is -2.39. The monoisotopic (exact) mass is 294 g/mol. The van der Waals surface area contributed by atoms with Crippen LogP contribution in [-0.2, 0) is 11.2 Å². The molecule has 1 rings (SSSR count). The van der Waals surface area contributed by atoms with Crippen molar-refractivity contribution in [3.05, 3.63) is 23.8 Å². The van der Waals surface area contributed by atoms with Gasteiger partial charge in [-0.2, -0.15) is 0 Å². The number of methoxy groups -OCH3 is 1. The van der Waals surface area contributed by atoms with Gasteiger partial charge in [-0.1, -0.05) is 26.0 Å². The van der Waals surface area contributed by atoms with Crippen LogP contribution in [0.25, 0.3) is 0 Å². The van der Waals surface area contributed by atoms with Crippen molar-refractivity contribution < 1.29 is 14.3 Å². The Morgan fingerprint density at radius 3 is 2.62 bits per heavy atom. The van der Waals surface area contributed by atoms with Crippen LogP contribution < -0.4 is 20.5 Å². The molecule has 0 saturated carbocycles. The highest BCUT2D eigenvalue weighted by molar-refractivity contribution is 5.78. The molecule has 5 heteroatoms. The molecule has 1 amide bonds. The summed E-state index contributed by atoms with van der Waals surface area (Å²) in [6, 6.07) is 5.74. The summed E-state index contributed by atoms with van der Waals surface area (Å²) in [5.74, 6) is 1.46. The van der Waals surface area contributed by atoms with Crippen LogP contribution >= 0.6 is 0 Å². The minimum absolute atomic E-state index is 0.0327. The van der Waals surface area contributed by atoms with E-state index in [-0.39, 0.29) is 18.6 Å². The number of hydrogen-bond acceptors (Lipinski definition) is 4. The zero-order valence-electron chi connectivity index (χ0n) is 13.3. The topological polar surface area (TPSA) is 73.6 Å². The Balaban J connectivity index is 2.71. The van der Waals surface area contributed by atoms with Gasteiger partial charge in [0.1, 0.15) is 0 Å². The van der Waals surface area contributed by atoms with E-state index in [0.29, 0.717) is 30.4 Å². The maximum absolute atomic E-state index is 11.9. The standard InChI is InChI=1S/C16H26N2O3/c1-11(2)12(3)18-15(19)10-21-16-13(8-9-17)6-5-7-14(16)20-4/h5-7,11-12H,8-10,17H2,1-4H3,(H,18,19). The van der Waals surface area contributed by atoms with Gasteiger partial charge in [0, 0.05) is 6.04 Å². The van der Waals surface area contributed by atoms with E-state index in [9.17, 15) is 4.79 Å². The Kier molecular flexibility index (Phi) is 7.02. The Hall–Kier alpha value is -1.75. The lowest BCUT2D eigenvalue weighted by Gasteiger charge is -2.19. The number of benzene rings is 1. The first-order chi connectivity index (χ1) is 9.99. The van der Waals surface area contributed by atoms with E-state index in [1.165, 1.54) is 0 Å². The fourth-order valence-corrected chi connectivity index (χ4v) is 1.84. The number of para-hydroxylation sites is 1. The van der Waals surface area contributed by atoms with Crippen LogP contribution in [0.5, 0.6) is 11.5 Å². The average Bonchev–Trinajstić information content (AvgIpc) is 2.45. The molecule has 0 aliphatic carbocycles. The van der Waals surface area contributed by atoms with Gasteiger partial charge >= 0.3 is 0 Å². The highest BCUT2D eigenvalue weighted by atomic mass is 16.5. The van der Waals surface area contributed by atoms with Gasteiger partial charge in [0.15, 0.2) is 18.1 Å². The van der Waals surface area contributed by atoms with Crippen LogP contribution in [0.15, 0.2) is 18.2 Å². The highest BCUT2D eigenvalue weighted by Crippen LogP contribution is 2.31. The molecular formula is C16H26N2O3. The molecule has 0 fully saturated rings. The van der Waals surface area contributed by atoms with Crippen LogP contribution in [0.2, 0.25) is 0 Å². The van der Waals surface area contributed by atoms with Crippen LogP contribution in [-0.4, -0.2) is 32.2 Å². The van der Waals surface area contributed by atoms with E-state index >= 15 is 0 Å². The van der Waals surface area contributed by atoms with Gasteiger partial charge < -0.3 is 20.5 Å². The molecule has 1 aromatic carbocycles. The van der Waals surface area contributed by atoms with Crippen molar-refractivity contribution in [2.45, 2.75) is 33.2 Å². The second kappa shape index (κ2) is 8.52. The predicted octanol–water partition coefficient (Wildman–Crippen LogP) is 1.74. The number of nitrogens with one attached hydrogen (secondary N) is 1. The highest BCUT2D eigenvalue weighted by Gasteiger charge is 2.14. The van der Waals surface area contributed by atoms with Crippen LogP contribution in [0.4, 0.5) is 0 Å². The number of hydrogen-bond donors (Lipinski definition) is 2. The second-order valence-corrected chi connectivity index (χ2v) is 5.38. The Bertz CT molecular complexity index is 461. The van der Waals surface area contributed by atoms with E-state index in [2.05, 4.69) is 19.2 Å². The molecule has 3 N–H and O–H groups in total. The third kappa shape index (κ3) is 5.27. The maximum atomic E-state index is 11.9. The number of carbonyl (C=O) groups excluding carboxylic acids is 1. The number of rotatable bonds is 8. The normalized spacial score (nSPS) is 12.1. The first-order valence-electron chi connectivity index (χ1n) is 7.27. The number of amides is 1. The van der Waals surface area contributed by atoms with Crippen molar-refractivity contribution in [3.8, 4) is 11.5 Å². The van der Waals surface area contributed by atoms with Gasteiger partial charge in [-0.3, -0.25) is 4.79 Å². The number of ether oxygens (including phenoxy) is 2. The number of carbonyl (C=O) groups is 1. The molecule has 0 spiro atoms. The lowest BCUT2D eigenvalue weighted by molar-refractivity contribution is -0.124. The van der Waals surface area contributed by atoms with Crippen molar-refractivity contribution in [3.63, 3.8) is 0 Å². The first-order valence-corrected chi connectivity index (χ1v) is 7.27. The molecule has 0 bridgehead atoms. The van der Waals surface area contributed by atoms with Gasteiger partial charge in [-0.25, -0.2) is 0 Å². The smallest absolute Gasteiger partial charge is 0.258 e. The molecule has 118 valence electrons. The van der Waals surface area contributed by atoms with Crippen LogP contribution in [0.3, 0.4) is 0 Å². The SMILES string of the molecule is COc1cccc(CCN)c1OCC(=O)NC(C)C(C)C. The molecule has 0 saturated heterocycles. The van der Waals surface area contributed by atoms with Crippen molar-refractivity contribution in [2.24, 2.45) is 11.7 Å². The molecule has 1 aromatic rings. The van der Waals surface area contributed by atoms with E-state index in [1.54, 1.807) is 7.11 Å². The molecule has 0 heterocycles. The predicted molar refractivity (Wildman–Crippen MR) is 83.7 cm³/mol. The summed E-state index contributed by atoms with van der Waals surface area (Å²) in [6.45, 7) is 6.58. The van der Waals surface area contributed by atoms with E-state index in [0.717, 1.165) is 5.56 Å². The fourth-order valence-electron chi connectivity index (χ4n) is 1.84. The van der Waals surface area contributed by atoms with Gasteiger partial charge in [0.05, 0.1) is 7.11 Å². The largest absolute Gasteiger partial charge is 0.493 e. The first kappa shape index (κ1) is 17.3. The van der Waals surface area contributed by atoms with Crippen LogP contribution in [0.1, 0.15) is 26.3 Å². The molecule has 0 aliphatic heterocycles. The molecule has 0 aromatic heterocycles. The lowest BCUT2D eigenvalue weighted by atomic mass is 10.1. The molecular weight excluding hydrogens is 268 g/mol. The summed E-state index contributed by atoms with van der Waals surface area (Å²) >= 11 is 0. The zero-order chi connectivity index (χ0) is 15.8. The van der Waals surface area contributed by atoms with Gasteiger partial charge in [0.2, 0.25) is 0 Å². The van der Waals surface area contributed by atoms with E-state index < -0.39 is 0 Å². The van der Waals surface area contributed by atoms with Crippen molar-refractivity contribution >= 4 is 5.91 Å². The third-order valence-corrected chi connectivity index (χ3v) is 3.43. The Morgan fingerprint density at radius 2 is 2.05 bits per heavy atom. The Labute approximate surface area is 126 Å². The zero-order valence-corrected chi connectivity index (χ0v) is 13.3. The van der Waals surface area contributed by atoms with Crippen molar-refractivity contribution in [1.82, 2.24) is 5.32 Å². The minimum atomic E-state index is -0.138. The van der Waals surface area contributed by atoms with Gasteiger partial charge in [0.25, 0.3) is 5.91 Å². The summed E-state index contributed by atoms with van der Waals surface area (Å²) < 4.78 is 10.9.